The molecular weight excluding hydrogens is 359 g/mol. The number of rotatable bonds is 0. The summed E-state index contributed by atoms with van der Waals surface area (Å²) in [6.45, 7) is 0. The fraction of sp³-hybridized carbons (Fsp3) is 0.100. The molecule has 0 N–H and O–H groups in total. The molecule has 1 aliphatic rings. The normalized spacial score (nSPS) is 15.3. The number of benzene rings is 3. The van der Waals surface area contributed by atoms with E-state index in [9.17, 15) is 0 Å². The average Bonchev–Trinajstić information content (AvgIpc) is 2.61. The zero-order valence-corrected chi connectivity index (χ0v) is 15.3. The zero-order chi connectivity index (χ0) is 14.4. The van der Waals surface area contributed by atoms with Crippen LogP contribution in [0.25, 0.3) is 22.9 Å². The molecule has 0 unspecified atom stereocenters. The van der Waals surface area contributed by atoms with Gasteiger partial charge in [-0.25, -0.2) is 0 Å². The van der Waals surface area contributed by atoms with Crippen LogP contribution in [-0.4, -0.2) is 18.4 Å². The van der Waals surface area contributed by atoms with Crippen molar-refractivity contribution in [1.29, 1.82) is 0 Å². The minimum absolute atomic E-state index is 1.34. The Morgan fingerprint density at radius 2 is 1.24 bits per heavy atom. The van der Waals surface area contributed by atoms with E-state index in [4.69, 9.17) is 0 Å². The first kappa shape index (κ1) is 13.1. The van der Waals surface area contributed by atoms with Gasteiger partial charge in [0, 0.05) is 0 Å². The predicted octanol–water partition coefficient (Wildman–Crippen LogP) is 4.15. The van der Waals surface area contributed by atoms with Crippen molar-refractivity contribution in [2.75, 3.05) is 0 Å². The summed E-state index contributed by atoms with van der Waals surface area (Å²) in [6.07, 6.45) is 4.61. The van der Waals surface area contributed by atoms with Crippen molar-refractivity contribution in [2.24, 2.45) is 0 Å². The molecule has 0 bridgehead atoms. The molecule has 0 amide bonds. The van der Waals surface area contributed by atoms with Gasteiger partial charge in [-0.2, -0.15) is 0 Å². The van der Waals surface area contributed by atoms with Crippen LogP contribution in [0.2, 0.25) is 9.88 Å². The molecule has 3 aromatic rings. The maximum atomic E-state index is 2.54. The summed E-state index contributed by atoms with van der Waals surface area (Å²) in [5.41, 5.74) is 2.84. The number of hydrogen-bond donors (Lipinski definition) is 0. The van der Waals surface area contributed by atoms with Gasteiger partial charge >= 0.3 is 130 Å². The van der Waals surface area contributed by atoms with E-state index in [1.54, 1.807) is 7.16 Å². The van der Waals surface area contributed by atoms with Gasteiger partial charge in [-0.1, -0.05) is 0 Å². The summed E-state index contributed by atoms with van der Waals surface area (Å²) >= 11 is -2.52. The molecule has 3 aromatic carbocycles. The second-order valence-electron chi connectivity index (χ2n) is 6.33. The van der Waals surface area contributed by atoms with Crippen molar-refractivity contribution in [3.05, 3.63) is 71.8 Å². The number of hydrogen-bond acceptors (Lipinski definition) is 0. The third-order valence-corrected chi connectivity index (χ3v) is 14.9. The van der Waals surface area contributed by atoms with Crippen LogP contribution in [0.5, 0.6) is 0 Å². The molecular formula is C20H18Sn. The van der Waals surface area contributed by atoms with E-state index in [2.05, 4.69) is 82.7 Å². The Morgan fingerprint density at radius 3 is 2.05 bits per heavy atom. The Morgan fingerprint density at radius 1 is 0.619 bits per heavy atom. The Hall–Kier alpha value is -1.54. The fourth-order valence-electron chi connectivity index (χ4n) is 3.47. The first-order valence-corrected chi connectivity index (χ1v) is 16.0. The van der Waals surface area contributed by atoms with Crippen molar-refractivity contribution >= 4 is 48.5 Å². The van der Waals surface area contributed by atoms with Gasteiger partial charge in [-0.3, -0.25) is 0 Å². The molecule has 0 aliphatic carbocycles. The Bertz CT molecular complexity index is 872. The maximum absolute atomic E-state index is 2.54. The van der Waals surface area contributed by atoms with Crippen molar-refractivity contribution in [2.45, 2.75) is 9.88 Å². The van der Waals surface area contributed by atoms with Gasteiger partial charge in [0.1, 0.15) is 0 Å². The van der Waals surface area contributed by atoms with E-state index in [1.165, 1.54) is 21.9 Å². The van der Waals surface area contributed by atoms with E-state index in [0.717, 1.165) is 0 Å². The molecule has 1 heterocycles. The van der Waals surface area contributed by atoms with Crippen LogP contribution in [0.3, 0.4) is 0 Å². The third-order valence-electron chi connectivity index (χ3n) is 4.67. The summed E-state index contributed by atoms with van der Waals surface area (Å²) in [5, 5.41) is 2.71. The van der Waals surface area contributed by atoms with Crippen molar-refractivity contribution < 1.29 is 0 Å². The van der Waals surface area contributed by atoms with Gasteiger partial charge in [-0.05, 0) is 0 Å². The summed E-state index contributed by atoms with van der Waals surface area (Å²) in [6, 6.07) is 22.5. The van der Waals surface area contributed by atoms with Gasteiger partial charge in [0.15, 0.2) is 0 Å². The molecule has 0 saturated heterocycles. The van der Waals surface area contributed by atoms with Crippen molar-refractivity contribution in [3.8, 4) is 0 Å². The SMILES string of the molecule is [CH3][Sn]1([CH3])[c]2ccccc2C=Cc2cc3ccccc3c[c]21. The molecule has 1 heteroatoms. The molecule has 0 atom stereocenters. The van der Waals surface area contributed by atoms with Crippen LogP contribution in [0, 0.1) is 0 Å². The first-order valence-electron chi connectivity index (χ1n) is 7.47. The van der Waals surface area contributed by atoms with E-state index in [0.29, 0.717) is 0 Å². The molecule has 0 saturated carbocycles. The van der Waals surface area contributed by atoms with Gasteiger partial charge in [-0.15, -0.1) is 0 Å². The van der Waals surface area contributed by atoms with E-state index in [1.807, 2.05) is 0 Å². The summed E-state index contributed by atoms with van der Waals surface area (Å²) < 4.78 is 3.22. The molecule has 0 spiro atoms. The Kier molecular flexibility index (Phi) is 2.97. The fourth-order valence-corrected chi connectivity index (χ4v) is 12.3. The topological polar surface area (TPSA) is 0 Å². The summed E-state index contributed by atoms with van der Waals surface area (Å²) in [5.74, 6) is 0. The van der Waals surface area contributed by atoms with Gasteiger partial charge in [0.2, 0.25) is 0 Å². The van der Waals surface area contributed by atoms with Crippen molar-refractivity contribution in [1.82, 2.24) is 0 Å². The minimum atomic E-state index is -2.52. The quantitative estimate of drug-likeness (QED) is 0.517. The van der Waals surface area contributed by atoms with Gasteiger partial charge in [0.25, 0.3) is 0 Å². The Labute approximate surface area is 130 Å². The standard InChI is InChI=1S/C18H12.2CH3.Sn/c1-2-6-15(7-3-1)10-11-16-12-13-17-8-4-5-9-18(17)14-16;;;/h1-6,8-11,13-14H;2*1H3;. The Balaban J connectivity index is 2.08. The molecule has 0 nitrogen and oxygen atoms in total. The molecule has 102 valence electrons. The van der Waals surface area contributed by atoms with E-state index < -0.39 is 18.4 Å². The summed E-state index contributed by atoms with van der Waals surface area (Å²) in [7, 11) is 0. The second-order valence-corrected chi connectivity index (χ2v) is 18.7. The molecule has 4 rings (SSSR count). The number of fused-ring (bicyclic) bond motifs is 3. The van der Waals surface area contributed by atoms with Crippen LogP contribution in [-0.2, 0) is 0 Å². The monoisotopic (exact) mass is 378 g/mol. The van der Waals surface area contributed by atoms with E-state index >= 15 is 0 Å². The molecule has 1 aliphatic heterocycles. The van der Waals surface area contributed by atoms with Crippen LogP contribution >= 0.6 is 0 Å². The molecule has 21 heavy (non-hydrogen) atoms. The predicted molar refractivity (Wildman–Crippen MR) is 96.1 cm³/mol. The molecule has 0 fully saturated rings. The van der Waals surface area contributed by atoms with Crippen LogP contribution < -0.4 is 7.16 Å². The second kappa shape index (κ2) is 4.74. The zero-order valence-electron chi connectivity index (χ0n) is 12.4. The van der Waals surface area contributed by atoms with E-state index in [-0.39, 0.29) is 0 Å². The van der Waals surface area contributed by atoms with Crippen LogP contribution in [0.15, 0.2) is 60.7 Å². The van der Waals surface area contributed by atoms with Crippen molar-refractivity contribution in [3.63, 3.8) is 0 Å². The van der Waals surface area contributed by atoms with Gasteiger partial charge < -0.3 is 0 Å². The van der Waals surface area contributed by atoms with Gasteiger partial charge in [0.05, 0.1) is 0 Å². The van der Waals surface area contributed by atoms with Crippen LogP contribution in [0.1, 0.15) is 11.1 Å². The first-order chi connectivity index (χ1) is 10.2. The molecule has 0 radical (unpaired) electrons. The summed E-state index contributed by atoms with van der Waals surface area (Å²) in [4.78, 5) is 5.07. The third kappa shape index (κ3) is 2.04. The average molecular weight is 377 g/mol. The van der Waals surface area contributed by atoms with Crippen LogP contribution in [0.4, 0.5) is 0 Å². The molecule has 0 aromatic heterocycles.